The highest BCUT2D eigenvalue weighted by atomic mass is 32.2. The van der Waals surface area contributed by atoms with Crippen LogP contribution in [0.3, 0.4) is 0 Å². The number of aromatic nitrogens is 1. The maximum absolute atomic E-state index is 12.6. The lowest BCUT2D eigenvalue weighted by Crippen LogP contribution is -2.19. The molecule has 1 aliphatic carbocycles. The first-order valence-electron chi connectivity index (χ1n) is 7.65. The van der Waals surface area contributed by atoms with Crippen molar-refractivity contribution in [2.75, 3.05) is 4.72 Å². The van der Waals surface area contributed by atoms with E-state index in [2.05, 4.69) is 9.88 Å². The molecule has 0 saturated heterocycles. The Morgan fingerprint density at radius 2 is 1.96 bits per heavy atom. The van der Waals surface area contributed by atoms with Gasteiger partial charge >= 0.3 is 5.97 Å². The fraction of sp³-hybridized carbons (Fsp3) is 0.375. The summed E-state index contributed by atoms with van der Waals surface area (Å²) in [6, 6.07) is 3.31. The summed E-state index contributed by atoms with van der Waals surface area (Å²) in [4.78, 5) is 11.7. The van der Waals surface area contributed by atoms with Crippen molar-refractivity contribution in [2.45, 2.75) is 44.4 Å². The summed E-state index contributed by atoms with van der Waals surface area (Å²) in [5.41, 5.74) is 2.02. The van der Waals surface area contributed by atoms with Gasteiger partial charge in [-0.05, 0) is 56.7 Å². The third-order valence-electron chi connectivity index (χ3n) is 4.23. The number of nitrogens with zero attached hydrogens (tertiary/aromatic N) is 1. The largest absolute Gasteiger partial charge is 0.478 e. The van der Waals surface area contributed by atoms with Gasteiger partial charge in [0.15, 0.2) is 10.7 Å². The van der Waals surface area contributed by atoms with Crippen LogP contribution in [0.15, 0.2) is 21.6 Å². The number of aromatic carboxylic acids is 1. The number of carboxylic acid groups (broad SMARTS) is 1. The van der Waals surface area contributed by atoms with Gasteiger partial charge in [0.25, 0.3) is 10.0 Å². The van der Waals surface area contributed by atoms with Crippen molar-refractivity contribution < 1.29 is 22.8 Å². The third kappa shape index (κ3) is 2.77. The number of fused-ring (bicyclic) bond motifs is 1. The van der Waals surface area contributed by atoms with Gasteiger partial charge in [-0.25, -0.2) is 13.2 Å². The molecule has 0 unspecified atom stereocenters. The van der Waals surface area contributed by atoms with Crippen molar-refractivity contribution in [3.05, 3.63) is 40.3 Å². The van der Waals surface area contributed by atoms with E-state index in [0.717, 1.165) is 24.8 Å². The summed E-state index contributed by atoms with van der Waals surface area (Å²) in [5.74, 6) is -0.972. The fourth-order valence-corrected chi connectivity index (χ4v) is 4.61. The van der Waals surface area contributed by atoms with E-state index < -0.39 is 16.0 Å². The van der Waals surface area contributed by atoms with Crippen molar-refractivity contribution in [3.8, 4) is 0 Å². The Morgan fingerprint density at radius 1 is 1.25 bits per heavy atom. The van der Waals surface area contributed by atoms with E-state index in [0.29, 0.717) is 12.0 Å². The van der Waals surface area contributed by atoms with Gasteiger partial charge in [-0.1, -0.05) is 11.2 Å². The van der Waals surface area contributed by atoms with Crippen LogP contribution in [0.1, 0.15) is 45.8 Å². The average Bonchev–Trinajstić information content (AvgIpc) is 2.86. The molecule has 1 aromatic heterocycles. The maximum atomic E-state index is 12.6. The summed E-state index contributed by atoms with van der Waals surface area (Å²) in [5, 5.41) is 13.2. The van der Waals surface area contributed by atoms with E-state index in [1.54, 1.807) is 6.07 Å². The van der Waals surface area contributed by atoms with Crippen LogP contribution in [-0.2, 0) is 22.9 Å². The van der Waals surface area contributed by atoms with Gasteiger partial charge in [-0.3, -0.25) is 4.72 Å². The average molecular weight is 350 g/mol. The van der Waals surface area contributed by atoms with Crippen LogP contribution >= 0.6 is 0 Å². The van der Waals surface area contributed by atoms with Crippen LogP contribution in [0.5, 0.6) is 0 Å². The predicted octanol–water partition coefficient (Wildman–Crippen LogP) is 2.67. The fourth-order valence-electron chi connectivity index (χ4n) is 3.21. The molecule has 24 heavy (non-hydrogen) atoms. The monoisotopic (exact) mass is 350 g/mol. The van der Waals surface area contributed by atoms with Crippen molar-refractivity contribution in [3.63, 3.8) is 0 Å². The van der Waals surface area contributed by atoms with Crippen molar-refractivity contribution >= 4 is 21.7 Å². The molecule has 1 aromatic carbocycles. The molecule has 0 spiro atoms. The molecule has 3 rings (SSSR count). The zero-order valence-electron chi connectivity index (χ0n) is 13.4. The second-order valence-corrected chi connectivity index (χ2v) is 7.52. The molecule has 0 amide bonds. The van der Waals surface area contributed by atoms with Crippen LogP contribution in [0.25, 0.3) is 0 Å². The zero-order valence-corrected chi connectivity index (χ0v) is 14.2. The molecule has 0 bridgehead atoms. The van der Waals surface area contributed by atoms with Gasteiger partial charge < -0.3 is 9.63 Å². The van der Waals surface area contributed by atoms with E-state index in [1.807, 2.05) is 0 Å². The molecule has 0 atom stereocenters. The number of hydrogen-bond donors (Lipinski definition) is 2. The highest BCUT2D eigenvalue weighted by Crippen LogP contribution is 2.32. The molecule has 0 radical (unpaired) electrons. The lowest BCUT2D eigenvalue weighted by molar-refractivity contribution is 0.0696. The number of rotatable bonds is 4. The minimum Gasteiger partial charge on any atom is -0.478 e. The summed E-state index contributed by atoms with van der Waals surface area (Å²) >= 11 is 0. The molecule has 7 nitrogen and oxygen atoms in total. The summed E-state index contributed by atoms with van der Waals surface area (Å²) < 4.78 is 32.6. The van der Waals surface area contributed by atoms with Gasteiger partial charge in [0, 0.05) is 0 Å². The lowest BCUT2D eigenvalue weighted by atomic mass is 9.87. The van der Waals surface area contributed by atoms with Crippen LogP contribution in [0.4, 0.5) is 5.69 Å². The third-order valence-corrected chi connectivity index (χ3v) is 5.84. The molecule has 0 fully saturated rings. The molecule has 0 aliphatic heterocycles. The molecule has 1 heterocycles. The minimum absolute atomic E-state index is 0.0301. The molecule has 1 aliphatic rings. The minimum atomic E-state index is -3.98. The molecule has 2 aromatic rings. The molecular weight excluding hydrogens is 332 g/mol. The Labute approximate surface area is 139 Å². The summed E-state index contributed by atoms with van der Waals surface area (Å²) in [6.07, 6.45) is 3.36. The Hall–Kier alpha value is -2.35. The number of carbonyl (C=O) groups is 1. The molecule has 0 saturated carbocycles. The van der Waals surface area contributed by atoms with E-state index >= 15 is 0 Å². The number of aryl methyl sites for hydroxylation is 3. The molecule has 128 valence electrons. The van der Waals surface area contributed by atoms with Gasteiger partial charge in [-0.15, -0.1) is 0 Å². The number of anilines is 1. The number of nitrogens with one attached hydrogen (secondary N) is 1. The van der Waals surface area contributed by atoms with Crippen LogP contribution in [-0.4, -0.2) is 24.7 Å². The van der Waals surface area contributed by atoms with Crippen LogP contribution in [0.2, 0.25) is 0 Å². The number of hydrogen-bond acceptors (Lipinski definition) is 5. The number of carboxylic acids is 1. The lowest BCUT2D eigenvalue weighted by Gasteiger charge is -2.20. The normalized spacial score (nSPS) is 14.2. The zero-order chi connectivity index (χ0) is 17.5. The van der Waals surface area contributed by atoms with E-state index in [4.69, 9.17) is 4.52 Å². The van der Waals surface area contributed by atoms with Crippen molar-refractivity contribution in [1.82, 2.24) is 5.16 Å². The van der Waals surface area contributed by atoms with Crippen LogP contribution in [0, 0.1) is 13.8 Å². The highest BCUT2D eigenvalue weighted by molar-refractivity contribution is 7.92. The summed E-state index contributed by atoms with van der Waals surface area (Å²) in [6.45, 7) is 3.02. The topological polar surface area (TPSA) is 110 Å². The van der Waals surface area contributed by atoms with Gasteiger partial charge in [0.1, 0.15) is 5.69 Å². The Bertz CT molecular complexity index is 895. The predicted molar refractivity (Wildman–Crippen MR) is 86.8 cm³/mol. The highest BCUT2D eigenvalue weighted by Gasteiger charge is 2.28. The smallest absolute Gasteiger partial charge is 0.338 e. The maximum Gasteiger partial charge on any atom is 0.338 e. The quantitative estimate of drug-likeness (QED) is 0.877. The van der Waals surface area contributed by atoms with Gasteiger partial charge in [0.2, 0.25) is 0 Å². The molecular formula is C16H18N2O5S. The first-order chi connectivity index (χ1) is 11.3. The first-order valence-corrected chi connectivity index (χ1v) is 9.13. The first kappa shape index (κ1) is 16.5. The number of benzene rings is 1. The van der Waals surface area contributed by atoms with Crippen LogP contribution < -0.4 is 4.72 Å². The Morgan fingerprint density at radius 3 is 2.58 bits per heavy atom. The molecule has 2 N–H and O–H groups in total. The second kappa shape index (κ2) is 5.94. The Balaban J connectivity index is 2.09. The molecule has 8 heteroatoms. The SMILES string of the molecule is Cc1noc(C)c1S(=O)(=O)Nc1ccc2c(c1C(=O)O)CCCC2. The van der Waals surface area contributed by atoms with E-state index in [-0.39, 0.29) is 27.6 Å². The Kier molecular flexibility index (Phi) is 4.08. The standard InChI is InChI=1S/C16H18N2O5S/c1-9-15(10(2)23-17-9)24(21,22)18-13-8-7-11-5-3-4-6-12(11)14(13)16(19)20/h7-8,18H,3-6H2,1-2H3,(H,19,20). The van der Waals surface area contributed by atoms with Crippen molar-refractivity contribution in [2.24, 2.45) is 0 Å². The van der Waals surface area contributed by atoms with E-state index in [1.165, 1.54) is 19.9 Å². The van der Waals surface area contributed by atoms with Gasteiger partial charge in [0.05, 0.1) is 11.3 Å². The number of sulfonamides is 1. The van der Waals surface area contributed by atoms with Gasteiger partial charge in [-0.2, -0.15) is 0 Å². The summed E-state index contributed by atoms with van der Waals surface area (Å²) in [7, 11) is -3.98. The van der Waals surface area contributed by atoms with E-state index in [9.17, 15) is 18.3 Å². The second-order valence-electron chi connectivity index (χ2n) is 5.90. The van der Waals surface area contributed by atoms with Crippen molar-refractivity contribution in [1.29, 1.82) is 0 Å².